The molecule has 2 aromatic carbocycles. The standard InChI is InChI=1S/C18H25NO2/c1-17(2,18(3,4)21)19-12-16(20)15-10-9-13-7-5-6-8-14(13)11-15/h5-11,16,19-21H,12H2,1-4H3. The van der Waals surface area contributed by atoms with Gasteiger partial charge >= 0.3 is 0 Å². The molecule has 0 amide bonds. The van der Waals surface area contributed by atoms with E-state index in [0.717, 1.165) is 10.9 Å². The molecule has 0 bridgehead atoms. The van der Waals surface area contributed by atoms with Crippen molar-refractivity contribution in [2.45, 2.75) is 44.9 Å². The lowest BCUT2D eigenvalue weighted by molar-refractivity contribution is -0.00978. The van der Waals surface area contributed by atoms with Crippen molar-refractivity contribution in [1.82, 2.24) is 5.32 Å². The van der Waals surface area contributed by atoms with Crippen LogP contribution in [0.15, 0.2) is 42.5 Å². The number of β-amino-alcohol motifs (C(OH)–C–C–N with tert-alkyl or cyclic N) is 1. The summed E-state index contributed by atoms with van der Waals surface area (Å²) in [5.41, 5.74) is -0.464. The first-order valence-corrected chi connectivity index (χ1v) is 7.35. The van der Waals surface area contributed by atoms with E-state index in [9.17, 15) is 10.2 Å². The highest BCUT2D eigenvalue weighted by Gasteiger charge is 2.34. The van der Waals surface area contributed by atoms with Gasteiger partial charge in [-0.1, -0.05) is 36.4 Å². The van der Waals surface area contributed by atoms with Gasteiger partial charge in [0.1, 0.15) is 0 Å². The van der Waals surface area contributed by atoms with Crippen molar-refractivity contribution in [3.8, 4) is 0 Å². The zero-order valence-corrected chi connectivity index (χ0v) is 13.2. The summed E-state index contributed by atoms with van der Waals surface area (Å²) in [4.78, 5) is 0. The van der Waals surface area contributed by atoms with Crippen molar-refractivity contribution >= 4 is 10.8 Å². The monoisotopic (exact) mass is 287 g/mol. The molecule has 0 heterocycles. The van der Waals surface area contributed by atoms with Crippen molar-refractivity contribution in [1.29, 1.82) is 0 Å². The predicted molar refractivity (Wildman–Crippen MR) is 87.3 cm³/mol. The van der Waals surface area contributed by atoms with E-state index in [2.05, 4.69) is 11.4 Å². The molecule has 0 aromatic heterocycles. The number of fused-ring (bicyclic) bond motifs is 1. The molecule has 3 nitrogen and oxygen atoms in total. The minimum atomic E-state index is -0.865. The van der Waals surface area contributed by atoms with Crippen LogP contribution < -0.4 is 5.32 Å². The fraction of sp³-hybridized carbons (Fsp3) is 0.444. The number of benzene rings is 2. The quantitative estimate of drug-likeness (QED) is 0.792. The van der Waals surface area contributed by atoms with Crippen LogP contribution in [0, 0.1) is 0 Å². The Kier molecular flexibility index (Phi) is 4.38. The molecule has 0 aliphatic carbocycles. The third-order valence-corrected chi connectivity index (χ3v) is 4.43. The zero-order chi connectivity index (χ0) is 15.7. The van der Waals surface area contributed by atoms with Crippen molar-refractivity contribution in [3.63, 3.8) is 0 Å². The molecule has 0 fully saturated rings. The maximum Gasteiger partial charge on any atom is 0.0914 e. The molecule has 1 atom stereocenters. The number of nitrogens with one attached hydrogen (secondary N) is 1. The SMILES string of the molecule is CC(C)(O)C(C)(C)NCC(O)c1ccc2ccccc2c1. The summed E-state index contributed by atoms with van der Waals surface area (Å²) in [7, 11) is 0. The highest BCUT2D eigenvalue weighted by molar-refractivity contribution is 5.83. The van der Waals surface area contributed by atoms with Crippen LogP contribution in [0.1, 0.15) is 39.4 Å². The van der Waals surface area contributed by atoms with Gasteiger partial charge in [0.15, 0.2) is 0 Å². The normalized spacial score (nSPS) is 14.4. The minimum Gasteiger partial charge on any atom is -0.389 e. The second-order valence-electron chi connectivity index (χ2n) is 6.69. The van der Waals surface area contributed by atoms with Gasteiger partial charge in [-0.25, -0.2) is 0 Å². The summed E-state index contributed by atoms with van der Waals surface area (Å²) in [6.45, 7) is 7.79. The zero-order valence-electron chi connectivity index (χ0n) is 13.2. The van der Waals surface area contributed by atoms with Gasteiger partial charge < -0.3 is 15.5 Å². The lowest BCUT2D eigenvalue weighted by Crippen LogP contribution is -2.56. The molecule has 2 aromatic rings. The Hall–Kier alpha value is -1.42. The van der Waals surface area contributed by atoms with Crippen molar-refractivity contribution < 1.29 is 10.2 Å². The summed E-state index contributed by atoms with van der Waals surface area (Å²) in [5.74, 6) is 0. The summed E-state index contributed by atoms with van der Waals surface area (Å²) in [6.07, 6.45) is -0.601. The Labute approximate surface area is 126 Å². The Morgan fingerprint density at radius 3 is 2.24 bits per heavy atom. The van der Waals surface area contributed by atoms with E-state index in [1.54, 1.807) is 13.8 Å². The van der Waals surface area contributed by atoms with Gasteiger partial charge in [-0.2, -0.15) is 0 Å². The number of hydrogen-bond donors (Lipinski definition) is 3. The van der Waals surface area contributed by atoms with Gasteiger partial charge in [-0.3, -0.25) is 0 Å². The smallest absolute Gasteiger partial charge is 0.0914 e. The number of aliphatic hydroxyl groups is 2. The maximum atomic E-state index is 10.4. The summed E-state index contributed by atoms with van der Waals surface area (Å²) < 4.78 is 0. The van der Waals surface area contributed by atoms with Gasteiger partial charge in [-0.15, -0.1) is 0 Å². The fourth-order valence-electron chi connectivity index (χ4n) is 2.10. The van der Waals surface area contributed by atoms with Crippen molar-refractivity contribution in [2.75, 3.05) is 6.54 Å². The molecule has 0 radical (unpaired) electrons. The highest BCUT2D eigenvalue weighted by atomic mass is 16.3. The molecule has 3 heteroatoms. The van der Waals surface area contributed by atoms with E-state index in [0.29, 0.717) is 6.54 Å². The third kappa shape index (κ3) is 3.62. The molecule has 0 aliphatic heterocycles. The van der Waals surface area contributed by atoms with Gasteiger partial charge in [0, 0.05) is 12.1 Å². The van der Waals surface area contributed by atoms with Crippen molar-refractivity contribution in [2.24, 2.45) is 0 Å². The lowest BCUT2D eigenvalue weighted by Gasteiger charge is -2.38. The molecule has 2 rings (SSSR count). The van der Waals surface area contributed by atoms with Crippen LogP contribution in [0.5, 0.6) is 0 Å². The van der Waals surface area contributed by atoms with E-state index in [1.807, 2.05) is 50.2 Å². The summed E-state index contributed by atoms with van der Waals surface area (Å²) >= 11 is 0. The molecular weight excluding hydrogens is 262 g/mol. The number of hydrogen-bond acceptors (Lipinski definition) is 3. The third-order valence-electron chi connectivity index (χ3n) is 4.43. The summed E-state index contributed by atoms with van der Waals surface area (Å²) in [5, 5.41) is 26.0. The first-order valence-electron chi connectivity index (χ1n) is 7.35. The van der Waals surface area contributed by atoms with Gasteiger partial charge in [-0.05, 0) is 50.1 Å². The Bertz CT molecular complexity index is 614. The Morgan fingerprint density at radius 1 is 1.00 bits per heavy atom. The topological polar surface area (TPSA) is 52.5 Å². The van der Waals surface area contributed by atoms with E-state index in [-0.39, 0.29) is 0 Å². The molecule has 0 saturated heterocycles. The molecule has 1 unspecified atom stereocenters. The first kappa shape index (κ1) is 16.0. The lowest BCUT2D eigenvalue weighted by atomic mass is 9.86. The average molecular weight is 287 g/mol. The minimum absolute atomic E-state index is 0.398. The Morgan fingerprint density at radius 2 is 1.62 bits per heavy atom. The fourth-order valence-corrected chi connectivity index (χ4v) is 2.10. The molecule has 0 spiro atoms. The van der Waals surface area contributed by atoms with E-state index in [4.69, 9.17) is 0 Å². The average Bonchev–Trinajstić information content (AvgIpc) is 2.43. The number of rotatable bonds is 5. The first-order chi connectivity index (χ1) is 9.71. The molecular formula is C18H25NO2. The second kappa shape index (κ2) is 5.76. The molecule has 3 N–H and O–H groups in total. The van der Waals surface area contributed by atoms with Crippen LogP contribution in [0.2, 0.25) is 0 Å². The molecule has 21 heavy (non-hydrogen) atoms. The summed E-state index contributed by atoms with van der Waals surface area (Å²) in [6, 6.07) is 14.1. The van der Waals surface area contributed by atoms with Crippen LogP contribution in [0.3, 0.4) is 0 Å². The Balaban J connectivity index is 2.10. The predicted octanol–water partition coefficient (Wildman–Crippen LogP) is 3.01. The van der Waals surface area contributed by atoms with Crippen LogP contribution in [-0.4, -0.2) is 27.9 Å². The number of aliphatic hydroxyl groups excluding tert-OH is 1. The van der Waals surface area contributed by atoms with Gasteiger partial charge in [0.25, 0.3) is 0 Å². The van der Waals surface area contributed by atoms with Crippen LogP contribution in [0.25, 0.3) is 10.8 Å². The van der Waals surface area contributed by atoms with E-state index < -0.39 is 17.2 Å². The van der Waals surface area contributed by atoms with Crippen LogP contribution in [0.4, 0.5) is 0 Å². The van der Waals surface area contributed by atoms with Gasteiger partial charge in [0.05, 0.1) is 11.7 Å². The van der Waals surface area contributed by atoms with E-state index in [1.165, 1.54) is 5.39 Å². The van der Waals surface area contributed by atoms with E-state index >= 15 is 0 Å². The molecule has 0 aliphatic rings. The van der Waals surface area contributed by atoms with Crippen molar-refractivity contribution in [3.05, 3.63) is 48.0 Å². The largest absolute Gasteiger partial charge is 0.389 e. The highest BCUT2D eigenvalue weighted by Crippen LogP contribution is 2.23. The molecule has 114 valence electrons. The second-order valence-corrected chi connectivity index (χ2v) is 6.69. The van der Waals surface area contributed by atoms with Crippen LogP contribution in [-0.2, 0) is 0 Å². The van der Waals surface area contributed by atoms with Crippen LogP contribution >= 0.6 is 0 Å². The van der Waals surface area contributed by atoms with Gasteiger partial charge in [0.2, 0.25) is 0 Å². The maximum absolute atomic E-state index is 10.4. The molecule has 0 saturated carbocycles.